The van der Waals surface area contributed by atoms with Crippen LogP contribution in [0, 0.1) is 6.92 Å². The van der Waals surface area contributed by atoms with Crippen LogP contribution in [-0.2, 0) is 13.0 Å². The number of hydrogen-bond acceptors (Lipinski definition) is 3. The van der Waals surface area contributed by atoms with Crippen molar-refractivity contribution in [3.8, 4) is 0 Å². The number of anilines is 1. The van der Waals surface area contributed by atoms with Crippen molar-refractivity contribution in [2.45, 2.75) is 58.4 Å². The molecule has 1 aromatic heterocycles. The smallest absolute Gasteiger partial charge is 0.291 e. The van der Waals surface area contributed by atoms with Gasteiger partial charge in [0.2, 0.25) is 0 Å². The van der Waals surface area contributed by atoms with Crippen molar-refractivity contribution < 1.29 is 9.59 Å². The number of carbonyl (C=O) groups is 2. The lowest BCUT2D eigenvalue weighted by Crippen LogP contribution is -2.33. The highest BCUT2D eigenvalue weighted by atomic mass is 16.2. The van der Waals surface area contributed by atoms with Crippen LogP contribution in [0.2, 0.25) is 0 Å². The number of nitrogens with zero attached hydrogens (tertiary/aromatic N) is 3. The number of hydrogen-bond donors (Lipinski definition) is 1. The van der Waals surface area contributed by atoms with Crippen molar-refractivity contribution in [2.24, 2.45) is 0 Å². The third-order valence-corrected chi connectivity index (χ3v) is 5.73. The maximum absolute atomic E-state index is 13.2. The molecule has 0 atom stereocenters. The molecule has 0 bridgehead atoms. The predicted octanol–water partition coefficient (Wildman–Crippen LogP) is 3.80. The molecule has 2 aliphatic rings. The van der Waals surface area contributed by atoms with Gasteiger partial charge in [-0.25, -0.2) is 4.98 Å². The largest absolute Gasteiger partial charge is 0.337 e. The molecule has 1 fully saturated rings. The van der Waals surface area contributed by atoms with Crippen LogP contribution in [0.4, 0.5) is 5.69 Å². The molecular formula is C22H28N4O2. The molecule has 1 aromatic carbocycles. The van der Waals surface area contributed by atoms with Crippen molar-refractivity contribution in [3.05, 3.63) is 47.0 Å². The number of likely N-dealkylation sites (tertiary alicyclic amines) is 1. The quantitative estimate of drug-likeness (QED) is 0.881. The molecule has 0 radical (unpaired) electrons. The molecule has 0 unspecified atom stereocenters. The average molecular weight is 380 g/mol. The summed E-state index contributed by atoms with van der Waals surface area (Å²) in [5.74, 6) is 0.0947. The van der Waals surface area contributed by atoms with E-state index in [1.165, 1.54) is 12.8 Å². The molecule has 1 N–H and O–H groups in total. The minimum atomic E-state index is -0.248. The van der Waals surface area contributed by atoms with E-state index in [4.69, 9.17) is 0 Å². The monoisotopic (exact) mass is 380 g/mol. The van der Waals surface area contributed by atoms with Gasteiger partial charge in [0.15, 0.2) is 5.82 Å². The highest BCUT2D eigenvalue weighted by molar-refractivity contribution is 6.03. The van der Waals surface area contributed by atoms with Gasteiger partial charge in [-0.05, 0) is 51.2 Å². The zero-order valence-electron chi connectivity index (χ0n) is 16.5. The first kappa shape index (κ1) is 18.7. The van der Waals surface area contributed by atoms with Gasteiger partial charge in [-0.15, -0.1) is 0 Å². The van der Waals surface area contributed by atoms with Crippen molar-refractivity contribution in [3.63, 3.8) is 0 Å². The van der Waals surface area contributed by atoms with Crippen LogP contribution in [0.5, 0.6) is 0 Å². The Morgan fingerprint density at radius 1 is 0.929 bits per heavy atom. The van der Waals surface area contributed by atoms with Gasteiger partial charge in [0.1, 0.15) is 5.69 Å². The summed E-state index contributed by atoms with van der Waals surface area (Å²) in [5, 5.41) is 2.93. The molecular weight excluding hydrogens is 352 g/mol. The fourth-order valence-corrected chi connectivity index (χ4v) is 4.14. The van der Waals surface area contributed by atoms with Gasteiger partial charge in [0.05, 0.1) is 5.69 Å². The second-order valence-electron chi connectivity index (χ2n) is 7.87. The van der Waals surface area contributed by atoms with Gasteiger partial charge in [-0.2, -0.15) is 0 Å². The summed E-state index contributed by atoms with van der Waals surface area (Å²) in [4.78, 5) is 32.6. The highest BCUT2D eigenvalue weighted by Gasteiger charge is 2.30. The third-order valence-electron chi connectivity index (χ3n) is 5.73. The van der Waals surface area contributed by atoms with Crippen LogP contribution >= 0.6 is 0 Å². The molecule has 2 aromatic rings. The number of benzene rings is 1. The molecule has 3 heterocycles. The first-order valence-electron chi connectivity index (χ1n) is 10.4. The first-order chi connectivity index (χ1) is 13.6. The molecule has 2 amide bonds. The van der Waals surface area contributed by atoms with E-state index >= 15 is 0 Å². The minimum Gasteiger partial charge on any atom is -0.337 e. The summed E-state index contributed by atoms with van der Waals surface area (Å²) in [6.45, 7) is 4.33. The lowest BCUT2D eigenvalue weighted by atomic mass is 10.1. The normalized spacial score (nSPS) is 17.0. The summed E-state index contributed by atoms with van der Waals surface area (Å²) in [6, 6.07) is 7.70. The van der Waals surface area contributed by atoms with Gasteiger partial charge >= 0.3 is 0 Å². The summed E-state index contributed by atoms with van der Waals surface area (Å²) >= 11 is 0. The molecule has 6 nitrogen and oxygen atoms in total. The van der Waals surface area contributed by atoms with Crippen molar-refractivity contribution in [2.75, 3.05) is 18.4 Å². The molecule has 6 heteroatoms. The van der Waals surface area contributed by atoms with E-state index in [0.29, 0.717) is 11.5 Å². The number of rotatable bonds is 3. The lowest BCUT2D eigenvalue weighted by molar-refractivity contribution is 0.0754. The molecule has 1 saturated heterocycles. The van der Waals surface area contributed by atoms with Crippen molar-refractivity contribution >= 4 is 17.5 Å². The molecule has 28 heavy (non-hydrogen) atoms. The van der Waals surface area contributed by atoms with Crippen molar-refractivity contribution in [1.29, 1.82) is 0 Å². The first-order valence-corrected chi connectivity index (χ1v) is 10.4. The molecule has 2 aliphatic heterocycles. The summed E-state index contributed by atoms with van der Waals surface area (Å²) in [6.07, 6.45) is 7.28. The number of amides is 2. The van der Waals surface area contributed by atoms with Gasteiger partial charge in [-0.1, -0.05) is 30.5 Å². The third kappa shape index (κ3) is 3.81. The van der Waals surface area contributed by atoms with E-state index in [1.54, 1.807) is 0 Å². The van der Waals surface area contributed by atoms with E-state index < -0.39 is 0 Å². The SMILES string of the molecule is Cc1ccc(NC(=O)c2nc(C(=O)N3CCCCCC3)c3n2CCCC3)cc1. The predicted molar refractivity (Wildman–Crippen MR) is 109 cm³/mol. The van der Waals surface area contributed by atoms with Gasteiger partial charge in [0, 0.05) is 25.3 Å². The number of aromatic nitrogens is 2. The Balaban J connectivity index is 1.62. The average Bonchev–Trinajstić information content (AvgIpc) is 2.89. The van der Waals surface area contributed by atoms with E-state index in [9.17, 15) is 9.59 Å². The number of aryl methyl sites for hydroxylation is 1. The topological polar surface area (TPSA) is 67.2 Å². The van der Waals surface area contributed by atoms with Crippen molar-refractivity contribution in [1.82, 2.24) is 14.5 Å². The molecule has 0 saturated carbocycles. The Hall–Kier alpha value is -2.63. The van der Waals surface area contributed by atoms with Crippen LogP contribution in [0.15, 0.2) is 24.3 Å². The summed E-state index contributed by atoms with van der Waals surface area (Å²) in [7, 11) is 0. The molecule has 4 rings (SSSR count). The number of nitrogens with one attached hydrogen (secondary N) is 1. The maximum atomic E-state index is 13.2. The standard InChI is InChI=1S/C22H28N4O2/c1-16-9-11-17(12-10-16)23-21(27)20-24-19(18-8-4-7-15-26(18)20)22(28)25-13-5-2-3-6-14-25/h9-12H,2-8,13-15H2,1H3,(H,23,27). The van der Waals surface area contributed by atoms with Crippen LogP contribution < -0.4 is 5.32 Å². The van der Waals surface area contributed by atoms with Gasteiger partial charge in [0.25, 0.3) is 11.8 Å². The number of fused-ring (bicyclic) bond motifs is 1. The molecule has 0 spiro atoms. The summed E-state index contributed by atoms with van der Waals surface area (Å²) in [5.41, 5.74) is 3.29. The van der Waals surface area contributed by atoms with E-state index in [0.717, 1.165) is 68.7 Å². The van der Waals surface area contributed by atoms with Crippen LogP contribution in [0.1, 0.15) is 70.9 Å². The fourth-order valence-electron chi connectivity index (χ4n) is 4.14. The van der Waals surface area contributed by atoms with E-state index in [1.807, 2.05) is 40.7 Å². The maximum Gasteiger partial charge on any atom is 0.291 e. The Bertz CT molecular complexity index is 861. The lowest BCUT2D eigenvalue weighted by Gasteiger charge is -2.21. The van der Waals surface area contributed by atoms with Gasteiger partial charge < -0.3 is 14.8 Å². The summed E-state index contributed by atoms with van der Waals surface area (Å²) < 4.78 is 1.96. The Morgan fingerprint density at radius 3 is 2.32 bits per heavy atom. The minimum absolute atomic E-state index is 0.0121. The van der Waals surface area contributed by atoms with E-state index in [-0.39, 0.29) is 11.8 Å². The highest BCUT2D eigenvalue weighted by Crippen LogP contribution is 2.24. The van der Waals surface area contributed by atoms with Crippen LogP contribution in [0.3, 0.4) is 0 Å². The fraction of sp³-hybridized carbons (Fsp3) is 0.500. The van der Waals surface area contributed by atoms with E-state index in [2.05, 4.69) is 10.3 Å². The Kier molecular flexibility index (Phi) is 5.46. The second-order valence-corrected chi connectivity index (χ2v) is 7.87. The van der Waals surface area contributed by atoms with Crippen LogP contribution in [0.25, 0.3) is 0 Å². The number of imidazole rings is 1. The second kappa shape index (κ2) is 8.17. The Labute approximate surface area is 165 Å². The molecule has 0 aliphatic carbocycles. The Morgan fingerprint density at radius 2 is 1.61 bits per heavy atom. The zero-order valence-corrected chi connectivity index (χ0v) is 16.5. The molecule has 148 valence electrons. The zero-order chi connectivity index (χ0) is 19.5. The van der Waals surface area contributed by atoms with Crippen LogP contribution in [-0.4, -0.2) is 39.4 Å². The van der Waals surface area contributed by atoms with Gasteiger partial charge in [-0.3, -0.25) is 9.59 Å². The number of carbonyl (C=O) groups excluding carboxylic acids is 2.